The van der Waals surface area contributed by atoms with Crippen LogP contribution in [0.25, 0.3) is 33.4 Å². The molecule has 14 nitrogen and oxygen atoms in total. The van der Waals surface area contributed by atoms with E-state index >= 15 is 0 Å². The lowest BCUT2D eigenvalue weighted by Crippen LogP contribution is -2.46. The molecule has 2 atom stereocenters. The van der Waals surface area contributed by atoms with E-state index in [4.69, 9.17) is 32.9 Å². The molecule has 0 radical (unpaired) electrons. The first-order valence-corrected chi connectivity index (χ1v) is 18.7. The Kier molecular flexibility index (Phi) is 9.71. The molecule has 1 aliphatic carbocycles. The second-order valence-corrected chi connectivity index (χ2v) is 15.1. The number of nitrogens with one attached hydrogen (secondary N) is 2. The molecule has 2 saturated heterocycles. The number of nitrogens with zero attached hydrogens (tertiary/aromatic N) is 7. The molecule has 56 heavy (non-hydrogen) atoms. The van der Waals surface area contributed by atoms with Gasteiger partial charge in [0.15, 0.2) is 11.5 Å². The van der Waals surface area contributed by atoms with Gasteiger partial charge in [-0.15, -0.1) is 0 Å². The van der Waals surface area contributed by atoms with Crippen molar-refractivity contribution in [2.45, 2.75) is 37.3 Å². The number of carbonyl (C=O) groups is 1. The van der Waals surface area contributed by atoms with Crippen LogP contribution in [0.4, 0.5) is 25.1 Å². The Hall–Kier alpha value is -5.16. The van der Waals surface area contributed by atoms with Crippen molar-refractivity contribution in [2.75, 3.05) is 45.2 Å². The van der Waals surface area contributed by atoms with E-state index in [0.29, 0.717) is 52.9 Å². The first kappa shape index (κ1) is 37.7. The van der Waals surface area contributed by atoms with Gasteiger partial charge in [-0.1, -0.05) is 53.5 Å². The fraction of sp³-hybridized carbons (Fsp3) is 0.368. The molecular formula is C38H37Cl2F2N9O5. The van der Waals surface area contributed by atoms with Crippen LogP contribution in [0.3, 0.4) is 0 Å². The average molecular weight is 809 g/mol. The zero-order valence-electron chi connectivity index (χ0n) is 30.6. The summed E-state index contributed by atoms with van der Waals surface area (Å²) in [7, 11) is 4.20. The number of aliphatic hydroxyl groups excluding tert-OH is 1. The Balaban J connectivity index is 1.12. The maximum absolute atomic E-state index is 13.9. The summed E-state index contributed by atoms with van der Waals surface area (Å²) in [5.41, 5.74) is 2.52. The Bertz CT molecular complexity index is 2550. The molecule has 3 aromatic heterocycles. The molecule has 0 bridgehead atoms. The van der Waals surface area contributed by atoms with Gasteiger partial charge in [0, 0.05) is 68.6 Å². The third-order valence-corrected chi connectivity index (χ3v) is 11.8. The van der Waals surface area contributed by atoms with E-state index in [-0.39, 0.29) is 51.8 Å². The maximum atomic E-state index is 13.9. The number of aromatic nitrogens is 5. The van der Waals surface area contributed by atoms with Crippen molar-refractivity contribution < 1.29 is 23.4 Å². The van der Waals surface area contributed by atoms with Crippen LogP contribution in [0, 0.1) is 0 Å². The summed E-state index contributed by atoms with van der Waals surface area (Å²) in [6, 6.07) is 12.5. The monoisotopic (exact) mass is 807 g/mol. The standard InChI is InChI=1S/C38H37Cl2F2N9O5/c1-48-33-27(35(53)49(2)37(48)55)31(45-32(46-33)30(41)42)43-23-9-5-7-21(29(23)40)20-6-4-8-22(28(20)39)24-16-19-10-11-25(26(19)34(44-24)56-3)50-13-12-38(17-50)18-51(14-15-52)36(54)47-38/h4-9,16,25,30,52H,10-15,17-18H2,1-3H3,(H,47,54)(H,43,45,46)/t25-,38+/m0/s1. The summed E-state index contributed by atoms with van der Waals surface area (Å²) in [4.78, 5) is 55.2. The number of aliphatic hydroxyl groups is 1. The zero-order chi connectivity index (χ0) is 39.6. The fourth-order valence-corrected chi connectivity index (χ4v) is 8.89. The number of likely N-dealkylation sites (tertiary alicyclic amines) is 1. The lowest BCUT2D eigenvalue weighted by Gasteiger charge is -2.28. The van der Waals surface area contributed by atoms with E-state index in [9.17, 15) is 28.3 Å². The first-order chi connectivity index (χ1) is 26.8. The highest BCUT2D eigenvalue weighted by atomic mass is 35.5. The normalized spacial score (nSPS) is 19.4. The quantitative estimate of drug-likeness (QED) is 0.181. The minimum atomic E-state index is -3.09. The van der Waals surface area contributed by atoms with Crippen LogP contribution in [-0.4, -0.2) is 90.5 Å². The van der Waals surface area contributed by atoms with E-state index in [0.717, 1.165) is 46.1 Å². The third kappa shape index (κ3) is 6.24. The summed E-state index contributed by atoms with van der Waals surface area (Å²) >= 11 is 14.2. The number of ether oxygens (including phenoxy) is 1. The highest BCUT2D eigenvalue weighted by Gasteiger charge is 2.49. The summed E-state index contributed by atoms with van der Waals surface area (Å²) in [5.74, 6) is -0.617. The SMILES string of the molecule is COc1nc(-c2cccc(-c3cccc(Nc4nc(C(F)F)nc5c4c(=O)n(C)c(=O)n5C)c3Cl)c2Cl)cc2c1[C@@H](N1CC[C@]3(CN(CCO)C(=O)N3)C1)CC2. The Morgan fingerprint density at radius 2 is 1.75 bits per heavy atom. The molecule has 2 aliphatic heterocycles. The molecule has 292 valence electrons. The fourth-order valence-electron chi connectivity index (χ4n) is 8.29. The van der Waals surface area contributed by atoms with Crippen LogP contribution in [-0.2, 0) is 20.5 Å². The van der Waals surface area contributed by atoms with Gasteiger partial charge in [0.05, 0.1) is 40.7 Å². The number of β-amino-alcohol motifs (C(OH)–C–C–N with tert-alkyl or cyclic N) is 1. The van der Waals surface area contributed by atoms with E-state index in [1.165, 1.54) is 14.1 Å². The number of methoxy groups -OCH3 is 1. The lowest BCUT2D eigenvalue weighted by molar-refractivity contribution is 0.141. The molecule has 3 aliphatic rings. The van der Waals surface area contributed by atoms with Crippen LogP contribution in [0.15, 0.2) is 52.1 Å². The third-order valence-electron chi connectivity index (χ3n) is 11.0. The molecule has 2 aromatic carbocycles. The number of fused-ring (bicyclic) bond motifs is 2. The zero-order valence-corrected chi connectivity index (χ0v) is 32.1. The van der Waals surface area contributed by atoms with Crippen LogP contribution in [0.2, 0.25) is 10.0 Å². The van der Waals surface area contributed by atoms with Crippen LogP contribution < -0.4 is 26.6 Å². The highest BCUT2D eigenvalue weighted by Crippen LogP contribution is 2.47. The van der Waals surface area contributed by atoms with Crippen molar-refractivity contribution >= 4 is 51.8 Å². The van der Waals surface area contributed by atoms with Crippen molar-refractivity contribution in [1.29, 1.82) is 0 Å². The Labute approximate surface area is 328 Å². The number of halogens is 4. The molecule has 5 aromatic rings. The van der Waals surface area contributed by atoms with Crippen LogP contribution in [0.1, 0.15) is 42.3 Å². The molecule has 0 saturated carbocycles. The average Bonchev–Trinajstić information content (AvgIpc) is 3.89. The number of amides is 2. The second-order valence-electron chi connectivity index (χ2n) is 14.3. The van der Waals surface area contributed by atoms with Crippen molar-refractivity contribution in [3.05, 3.63) is 90.3 Å². The Morgan fingerprint density at radius 1 is 1.02 bits per heavy atom. The number of hydrogen-bond donors (Lipinski definition) is 3. The molecule has 2 fully saturated rings. The van der Waals surface area contributed by atoms with E-state index in [1.54, 1.807) is 36.3 Å². The number of hydrogen-bond acceptors (Lipinski definition) is 10. The summed E-state index contributed by atoms with van der Waals surface area (Å²) in [5, 5.41) is 15.9. The van der Waals surface area contributed by atoms with E-state index < -0.39 is 23.5 Å². The first-order valence-electron chi connectivity index (χ1n) is 17.9. The van der Waals surface area contributed by atoms with Gasteiger partial charge in [-0.05, 0) is 37.0 Å². The largest absolute Gasteiger partial charge is 0.481 e. The topological polar surface area (TPSA) is 160 Å². The van der Waals surface area contributed by atoms with Crippen molar-refractivity contribution in [2.24, 2.45) is 14.1 Å². The van der Waals surface area contributed by atoms with Gasteiger partial charge in [-0.3, -0.25) is 18.8 Å². The minimum absolute atomic E-state index is 0.0503. The molecule has 3 N–H and O–H groups in total. The van der Waals surface area contributed by atoms with Gasteiger partial charge in [-0.25, -0.2) is 33.3 Å². The predicted octanol–water partition coefficient (Wildman–Crippen LogP) is 5.20. The number of carbonyl (C=O) groups excluding carboxylic acids is 1. The van der Waals surface area contributed by atoms with E-state index in [2.05, 4.69) is 25.5 Å². The van der Waals surface area contributed by atoms with Gasteiger partial charge < -0.3 is 25.4 Å². The number of anilines is 2. The minimum Gasteiger partial charge on any atom is -0.481 e. The molecule has 8 rings (SSSR count). The van der Waals surface area contributed by atoms with Crippen molar-refractivity contribution in [3.8, 4) is 28.3 Å². The second kappa shape index (κ2) is 14.4. The number of urea groups is 1. The number of benzene rings is 2. The van der Waals surface area contributed by atoms with Gasteiger partial charge in [-0.2, -0.15) is 0 Å². The van der Waals surface area contributed by atoms with E-state index in [1.807, 2.05) is 18.2 Å². The van der Waals surface area contributed by atoms with Gasteiger partial charge in [0.1, 0.15) is 11.2 Å². The smallest absolute Gasteiger partial charge is 0.332 e. The summed E-state index contributed by atoms with van der Waals surface area (Å²) in [6.07, 6.45) is -0.643. The van der Waals surface area contributed by atoms with Gasteiger partial charge >= 0.3 is 11.7 Å². The summed E-state index contributed by atoms with van der Waals surface area (Å²) < 4.78 is 35.6. The van der Waals surface area contributed by atoms with Crippen LogP contribution >= 0.6 is 23.2 Å². The number of rotatable bonds is 9. The number of aryl methyl sites for hydroxylation is 2. The lowest BCUT2D eigenvalue weighted by atomic mass is 9.99. The molecular weight excluding hydrogens is 771 g/mol. The van der Waals surface area contributed by atoms with Crippen LogP contribution in [0.5, 0.6) is 5.88 Å². The molecule has 18 heteroatoms. The van der Waals surface area contributed by atoms with Gasteiger partial charge in [0.2, 0.25) is 5.88 Å². The molecule has 1 spiro atoms. The number of alkyl halides is 2. The number of pyridine rings is 1. The maximum Gasteiger partial charge on any atom is 0.332 e. The Morgan fingerprint density at radius 3 is 2.48 bits per heavy atom. The molecule has 0 unspecified atom stereocenters. The highest BCUT2D eigenvalue weighted by molar-refractivity contribution is 6.39. The van der Waals surface area contributed by atoms with Crippen molar-refractivity contribution in [1.82, 2.24) is 39.2 Å². The van der Waals surface area contributed by atoms with Gasteiger partial charge in [0.25, 0.3) is 12.0 Å². The summed E-state index contributed by atoms with van der Waals surface area (Å²) in [6.45, 7) is 2.24. The van der Waals surface area contributed by atoms with Crippen molar-refractivity contribution in [3.63, 3.8) is 0 Å². The predicted molar refractivity (Wildman–Crippen MR) is 207 cm³/mol. The molecule has 5 heterocycles. The molecule has 2 amide bonds.